The van der Waals surface area contributed by atoms with Crippen molar-refractivity contribution in [3.63, 3.8) is 0 Å². The van der Waals surface area contributed by atoms with Crippen LogP contribution in [-0.4, -0.2) is 30.2 Å². The number of nitrogens with zero attached hydrogens (tertiary/aromatic N) is 2. The first kappa shape index (κ1) is 16.2. The fraction of sp³-hybridized carbons (Fsp3) is 0.412. The van der Waals surface area contributed by atoms with Gasteiger partial charge in [0, 0.05) is 32.1 Å². The smallest absolute Gasteiger partial charge is 0.224 e. The maximum absolute atomic E-state index is 5.02. The first-order valence-electron chi connectivity index (χ1n) is 7.62. The van der Waals surface area contributed by atoms with Gasteiger partial charge in [0.25, 0.3) is 0 Å². The second-order valence-corrected chi connectivity index (χ2v) is 5.41. The average Bonchev–Trinajstić information content (AvgIpc) is 2.52. The highest BCUT2D eigenvalue weighted by molar-refractivity contribution is 5.61. The van der Waals surface area contributed by atoms with Gasteiger partial charge in [0.15, 0.2) is 0 Å². The Bertz CT molecular complexity index is 586. The molecule has 2 aromatic rings. The Morgan fingerprint density at radius 2 is 2.00 bits per heavy atom. The lowest BCUT2D eigenvalue weighted by molar-refractivity contribution is 0.197. The summed E-state index contributed by atoms with van der Waals surface area (Å²) in [6.45, 7) is 5.89. The van der Waals surface area contributed by atoms with E-state index in [-0.39, 0.29) is 0 Å². The monoisotopic (exact) mass is 300 g/mol. The number of nitrogens with one attached hydrogen (secondary N) is 2. The number of para-hydroxylation sites is 1. The largest absolute Gasteiger partial charge is 0.385 e. The van der Waals surface area contributed by atoms with E-state index in [1.54, 1.807) is 13.3 Å². The Morgan fingerprint density at radius 1 is 1.18 bits per heavy atom. The molecule has 0 saturated carbocycles. The first-order valence-corrected chi connectivity index (χ1v) is 7.62. The van der Waals surface area contributed by atoms with Gasteiger partial charge in [-0.25, -0.2) is 4.98 Å². The Kier molecular flexibility index (Phi) is 6.15. The minimum Gasteiger partial charge on any atom is -0.385 e. The molecule has 5 heteroatoms. The van der Waals surface area contributed by atoms with Gasteiger partial charge < -0.3 is 15.4 Å². The van der Waals surface area contributed by atoms with E-state index in [1.807, 2.05) is 12.1 Å². The van der Waals surface area contributed by atoms with Gasteiger partial charge in [-0.3, -0.25) is 0 Å². The van der Waals surface area contributed by atoms with E-state index in [2.05, 4.69) is 52.6 Å². The standard InChI is InChI=1S/C17H24N4O/c1-13(2)14-7-4-5-8-15(14)20-16-9-11-19-17(21-16)18-10-6-12-22-3/h4-5,7-9,11,13H,6,10,12H2,1-3H3,(H2,18,19,20,21). The fourth-order valence-corrected chi connectivity index (χ4v) is 2.18. The molecule has 0 aliphatic carbocycles. The molecule has 0 bridgehead atoms. The summed E-state index contributed by atoms with van der Waals surface area (Å²) in [6.07, 6.45) is 2.68. The molecule has 1 aromatic heterocycles. The van der Waals surface area contributed by atoms with E-state index in [9.17, 15) is 0 Å². The van der Waals surface area contributed by atoms with Gasteiger partial charge in [-0.2, -0.15) is 4.98 Å². The SMILES string of the molecule is COCCCNc1nccc(Nc2ccccc2C(C)C)n1. The highest BCUT2D eigenvalue weighted by Crippen LogP contribution is 2.26. The van der Waals surface area contributed by atoms with Crippen molar-refractivity contribution in [3.8, 4) is 0 Å². The summed E-state index contributed by atoms with van der Waals surface area (Å²) in [6, 6.07) is 10.2. The minimum atomic E-state index is 0.456. The van der Waals surface area contributed by atoms with Crippen LogP contribution in [0.2, 0.25) is 0 Å². The van der Waals surface area contributed by atoms with Gasteiger partial charge >= 0.3 is 0 Å². The Hall–Kier alpha value is -2.14. The first-order chi connectivity index (χ1) is 10.7. The lowest BCUT2D eigenvalue weighted by Crippen LogP contribution is -2.08. The van der Waals surface area contributed by atoms with Gasteiger partial charge in [0.2, 0.25) is 5.95 Å². The molecule has 22 heavy (non-hydrogen) atoms. The summed E-state index contributed by atoms with van der Waals surface area (Å²) in [5, 5.41) is 6.58. The molecule has 0 atom stereocenters. The maximum atomic E-state index is 5.02. The molecule has 0 spiro atoms. The zero-order valence-electron chi connectivity index (χ0n) is 13.5. The molecule has 0 aliphatic heterocycles. The molecule has 0 fully saturated rings. The van der Waals surface area contributed by atoms with Crippen molar-refractivity contribution in [2.24, 2.45) is 0 Å². The predicted molar refractivity (Wildman–Crippen MR) is 90.8 cm³/mol. The predicted octanol–water partition coefficient (Wildman–Crippen LogP) is 3.79. The number of ether oxygens (including phenoxy) is 1. The highest BCUT2D eigenvalue weighted by Gasteiger charge is 2.07. The number of rotatable bonds is 8. The van der Waals surface area contributed by atoms with Gasteiger partial charge in [0.05, 0.1) is 0 Å². The summed E-state index contributed by atoms with van der Waals surface area (Å²) >= 11 is 0. The third-order valence-electron chi connectivity index (χ3n) is 3.31. The van der Waals surface area contributed by atoms with Crippen molar-refractivity contribution in [3.05, 3.63) is 42.1 Å². The van der Waals surface area contributed by atoms with Crippen LogP contribution >= 0.6 is 0 Å². The number of aromatic nitrogens is 2. The van der Waals surface area contributed by atoms with Gasteiger partial charge in [-0.05, 0) is 30.0 Å². The van der Waals surface area contributed by atoms with Crippen LogP contribution in [-0.2, 0) is 4.74 Å². The lowest BCUT2D eigenvalue weighted by Gasteiger charge is -2.14. The van der Waals surface area contributed by atoms with Crippen LogP contribution < -0.4 is 10.6 Å². The number of anilines is 3. The molecule has 0 aliphatic rings. The van der Waals surface area contributed by atoms with E-state index in [0.717, 1.165) is 31.1 Å². The summed E-state index contributed by atoms with van der Waals surface area (Å²) in [5.41, 5.74) is 2.36. The van der Waals surface area contributed by atoms with Crippen molar-refractivity contribution in [1.29, 1.82) is 0 Å². The minimum absolute atomic E-state index is 0.456. The number of hydrogen-bond donors (Lipinski definition) is 2. The van der Waals surface area contributed by atoms with Crippen molar-refractivity contribution in [1.82, 2.24) is 9.97 Å². The van der Waals surface area contributed by atoms with Gasteiger partial charge in [-0.1, -0.05) is 32.0 Å². The Morgan fingerprint density at radius 3 is 2.77 bits per heavy atom. The van der Waals surface area contributed by atoms with Crippen LogP contribution in [0.3, 0.4) is 0 Å². The zero-order valence-corrected chi connectivity index (χ0v) is 13.5. The van der Waals surface area contributed by atoms with E-state index >= 15 is 0 Å². The molecule has 1 aromatic carbocycles. The summed E-state index contributed by atoms with van der Waals surface area (Å²) < 4.78 is 5.02. The van der Waals surface area contributed by atoms with Crippen LogP contribution in [0.4, 0.5) is 17.5 Å². The van der Waals surface area contributed by atoms with Gasteiger partial charge in [-0.15, -0.1) is 0 Å². The number of methoxy groups -OCH3 is 1. The third kappa shape index (κ3) is 4.70. The summed E-state index contributed by atoms with van der Waals surface area (Å²) in [5.74, 6) is 1.87. The molecule has 2 rings (SSSR count). The van der Waals surface area contributed by atoms with Crippen molar-refractivity contribution in [2.75, 3.05) is 30.9 Å². The molecule has 5 nitrogen and oxygen atoms in total. The fourth-order valence-electron chi connectivity index (χ4n) is 2.18. The Balaban J connectivity index is 2.04. The third-order valence-corrected chi connectivity index (χ3v) is 3.31. The van der Waals surface area contributed by atoms with Crippen LogP contribution in [0, 0.1) is 0 Å². The number of benzene rings is 1. The molecule has 0 amide bonds. The summed E-state index contributed by atoms with van der Waals surface area (Å²) in [7, 11) is 1.70. The average molecular weight is 300 g/mol. The topological polar surface area (TPSA) is 59.1 Å². The van der Waals surface area contributed by atoms with Crippen LogP contribution in [0.15, 0.2) is 36.5 Å². The van der Waals surface area contributed by atoms with Crippen LogP contribution in [0.25, 0.3) is 0 Å². The molecular weight excluding hydrogens is 276 g/mol. The van der Waals surface area contributed by atoms with E-state index in [0.29, 0.717) is 11.9 Å². The van der Waals surface area contributed by atoms with Crippen molar-refractivity contribution in [2.45, 2.75) is 26.2 Å². The van der Waals surface area contributed by atoms with Crippen molar-refractivity contribution < 1.29 is 4.74 Å². The molecule has 118 valence electrons. The lowest BCUT2D eigenvalue weighted by atomic mass is 10.0. The molecule has 0 unspecified atom stereocenters. The number of hydrogen-bond acceptors (Lipinski definition) is 5. The van der Waals surface area contributed by atoms with Crippen LogP contribution in [0.1, 0.15) is 31.7 Å². The molecule has 1 heterocycles. The summed E-state index contributed by atoms with van der Waals surface area (Å²) in [4.78, 5) is 8.73. The second-order valence-electron chi connectivity index (χ2n) is 5.41. The molecule has 0 saturated heterocycles. The highest BCUT2D eigenvalue weighted by atomic mass is 16.5. The molecule has 2 N–H and O–H groups in total. The Labute approximate surface area is 132 Å². The quantitative estimate of drug-likeness (QED) is 0.726. The normalized spacial score (nSPS) is 10.7. The maximum Gasteiger partial charge on any atom is 0.224 e. The van der Waals surface area contributed by atoms with E-state index in [4.69, 9.17) is 4.74 Å². The van der Waals surface area contributed by atoms with E-state index < -0.39 is 0 Å². The van der Waals surface area contributed by atoms with Crippen molar-refractivity contribution >= 4 is 17.5 Å². The zero-order chi connectivity index (χ0) is 15.8. The molecular formula is C17H24N4O. The van der Waals surface area contributed by atoms with Crippen LogP contribution in [0.5, 0.6) is 0 Å². The molecule has 0 radical (unpaired) electrons. The van der Waals surface area contributed by atoms with Gasteiger partial charge in [0.1, 0.15) is 5.82 Å². The van der Waals surface area contributed by atoms with E-state index in [1.165, 1.54) is 5.56 Å². The second kappa shape index (κ2) is 8.34.